The molecule has 0 radical (unpaired) electrons. The van der Waals surface area contributed by atoms with Gasteiger partial charge in [0.2, 0.25) is 0 Å². The van der Waals surface area contributed by atoms with Crippen molar-refractivity contribution < 1.29 is 9.90 Å². The van der Waals surface area contributed by atoms with Crippen LogP contribution in [0.3, 0.4) is 0 Å². The Morgan fingerprint density at radius 2 is 1.76 bits per heavy atom. The standard InChI is InChI=1S/C15H20O2/c1-11-2-4-12(5-3-11)10-13-6-8-14(9-7-13)15(16)17/h6-9,11-12H,2-5,10H2,1H3,(H,16,17). The molecule has 17 heavy (non-hydrogen) atoms. The van der Waals surface area contributed by atoms with Crippen LogP contribution in [0.2, 0.25) is 0 Å². The smallest absolute Gasteiger partial charge is 0.335 e. The maximum absolute atomic E-state index is 10.7. The molecule has 92 valence electrons. The van der Waals surface area contributed by atoms with Gasteiger partial charge in [-0.15, -0.1) is 0 Å². The Bertz CT molecular complexity index is 372. The maximum Gasteiger partial charge on any atom is 0.335 e. The number of carboxylic acids is 1. The van der Waals surface area contributed by atoms with Gasteiger partial charge in [0.05, 0.1) is 5.56 Å². The van der Waals surface area contributed by atoms with Gasteiger partial charge in [-0.25, -0.2) is 4.79 Å². The number of carboxylic acid groups (broad SMARTS) is 1. The van der Waals surface area contributed by atoms with Crippen LogP contribution in [0.4, 0.5) is 0 Å². The molecule has 0 heterocycles. The highest BCUT2D eigenvalue weighted by Gasteiger charge is 2.18. The second kappa shape index (κ2) is 5.35. The number of hydrogen-bond acceptors (Lipinski definition) is 1. The summed E-state index contributed by atoms with van der Waals surface area (Å²) in [4.78, 5) is 10.7. The van der Waals surface area contributed by atoms with Gasteiger partial charge in [-0.3, -0.25) is 0 Å². The largest absolute Gasteiger partial charge is 0.478 e. The second-order valence-corrected chi connectivity index (χ2v) is 5.33. The molecule has 2 heteroatoms. The topological polar surface area (TPSA) is 37.3 Å². The van der Waals surface area contributed by atoms with Crippen molar-refractivity contribution in [1.82, 2.24) is 0 Å². The van der Waals surface area contributed by atoms with E-state index in [0.717, 1.165) is 18.3 Å². The van der Waals surface area contributed by atoms with Gasteiger partial charge in [0, 0.05) is 0 Å². The van der Waals surface area contributed by atoms with Gasteiger partial charge in [0.15, 0.2) is 0 Å². The molecular weight excluding hydrogens is 212 g/mol. The van der Waals surface area contributed by atoms with Crippen LogP contribution in [-0.4, -0.2) is 11.1 Å². The first-order valence-electron chi connectivity index (χ1n) is 6.47. The molecular formula is C15H20O2. The monoisotopic (exact) mass is 232 g/mol. The van der Waals surface area contributed by atoms with Crippen LogP contribution in [0.15, 0.2) is 24.3 Å². The van der Waals surface area contributed by atoms with Crippen molar-refractivity contribution in [1.29, 1.82) is 0 Å². The first kappa shape index (κ1) is 12.2. The van der Waals surface area contributed by atoms with Gasteiger partial charge in [-0.2, -0.15) is 0 Å². The predicted molar refractivity (Wildman–Crippen MR) is 68.2 cm³/mol. The summed E-state index contributed by atoms with van der Waals surface area (Å²) in [6.45, 7) is 2.33. The van der Waals surface area contributed by atoms with E-state index in [0.29, 0.717) is 5.56 Å². The summed E-state index contributed by atoms with van der Waals surface area (Å²) in [7, 11) is 0. The highest BCUT2D eigenvalue weighted by atomic mass is 16.4. The quantitative estimate of drug-likeness (QED) is 0.861. The Kier molecular flexibility index (Phi) is 3.82. The number of aromatic carboxylic acids is 1. The normalized spacial score (nSPS) is 24.5. The van der Waals surface area contributed by atoms with Crippen LogP contribution < -0.4 is 0 Å². The molecule has 1 fully saturated rings. The Morgan fingerprint density at radius 3 is 2.29 bits per heavy atom. The first-order chi connectivity index (χ1) is 8.15. The lowest BCUT2D eigenvalue weighted by Crippen LogP contribution is -2.14. The fraction of sp³-hybridized carbons (Fsp3) is 0.533. The molecule has 0 aliphatic heterocycles. The second-order valence-electron chi connectivity index (χ2n) is 5.33. The molecule has 2 nitrogen and oxygen atoms in total. The summed E-state index contributed by atoms with van der Waals surface area (Å²) >= 11 is 0. The molecule has 0 atom stereocenters. The van der Waals surface area contributed by atoms with E-state index < -0.39 is 5.97 Å². The minimum Gasteiger partial charge on any atom is -0.478 e. The molecule has 2 rings (SSSR count). The third kappa shape index (κ3) is 3.32. The summed E-state index contributed by atoms with van der Waals surface area (Å²) in [6.07, 6.45) is 6.44. The van der Waals surface area contributed by atoms with Crippen molar-refractivity contribution in [2.24, 2.45) is 11.8 Å². The molecule has 0 aromatic heterocycles. The molecule has 1 aliphatic rings. The summed E-state index contributed by atoms with van der Waals surface area (Å²) in [5.41, 5.74) is 1.65. The molecule has 1 aromatic carbocycles. The third-order valence-electron chi connectivity index (χ3n) is 3.86. The lowest BCUT2D eigenvalue weighted by Gasteiger charge is -2.26. The van der Waals surface area contributed by atoms with Crippen molar-refractivity contribution in [3.8, 4) is 0 Å². The molecule has 1 aromatic rings. The van der Waals surface area contributed by atoms with Gasteiger partial charge in [0.25, 0.3) is 0 Å². The SMILES string of the molecule is CC1CCC(Cc2ccc(C(=O)O)cc2)CC1. The van der Waals surface area contributed by atoms with Gasteiger partial charge in [0.1, 0.15) is 0 Å². The fourth-order valence-corrected chi connectivity index (χ4v) is 2.65. The Balaban J connectivity index is 1.92. The molecule has 1 aliphatic carbocycles. The summed E-state index contributed by atoms with van der Waals surface area (Å²) in [5.74, 6) is 0.838. The van der Waals surface area contributed by atoms with Gasteiger partial charge >= 0.3 is 5.97 Å². The minimum absolute atomic E-state index is 0.381. The number of benzene rings is 1. The van der Waals surface area contributed by atoms with E-state index in [1.54, 1.807) is 12.1 Å². The van der Waals surface area contributed by atoms with Crippen LogP contribution in [0.5, 0.6) is 0 Å². The van der Waals surface area contributed by atoms with E-state index in [1.165, 1.54) is 31.2 Å². The number of hydrogen-bond donors (Lipinski definition) is 1. The number of carbonyl (C=O) groups is 1. The maximum atomic E-state index is 10.7. The van der Waals surface area contributed by atoms with Gasteiger partial charge in [-0.1, -0.05) is 31.9 Å². The van der Waals surface area contributed by atoms with E-state index in [4.69, 9.17) is 5.11 Å². The van der Waals surface area contributed by atoms with Crippen molar-refractivity contribution in [2.75, 3.05) is 0 Å². The highest BCUT2D eigenvalue weighted by molar-refractivity contribution is 5.87. The lowest BCUT2D eigenvalue weighted by atomic mass is 9.80. The minimum atomic E-state index is -0.844. The first-order valence-corrected chi connectivity index (χ1v) is 6.47. The van der Waals surface area contributed by atoms with Crippen LogP contribution in [0.25, 0.3) is 0 Å². The Hall–Kier alpha value is -1.31. The van der Waals surface area contributed by atoms with E-state index in [2.05, 4.69) is 6.92 Å². The predicted octanol–water partition coefficient (Wildman–Crippen LogP) is 3.75. The zero-order valence-electron chi connectivity index (χ0n) is 10.4. The Labute approximate surface area is 103 Å². The van der Waals surface area contributed by atoms with E-state index in [-0.39, 0.29) is 0 Å². The highest BCUT2D eigenvalue weighted by Crippen LogP contribution is 2.30. The van der Waals surface area contributed by atoms with Crippen LogP contribution in [0.1, 0.15) is 48.5 Å². The molecule has 1 N–H and O–H groups in total. The van der Waals surface area contributed by atoms with E-state index >= 15 is 0 Å². The average molecular weight is 232 g/mol. The molecule has 0 unspecified atom stereocenters. The van der Waals surface area contributed by atoms with Crippen molar-refractivity contribution >= 4 is 5.97 Å². The third-order valence-corrected chi connectivity index (χ3v) is 3.86. The van der Waals surface area contributed by atoms with Gasteiger partial charge in [-0.05, 0) is 48.8 Å². The van der Waals surface area contributed by atoms with Crippen LogP contribution in [0, 0.1) is 11.8 Å². The molecule has 0 spiro atoms. The molecule has 0 amide bonds. The summed E-state index contributed by atoms with van der Waals surface area (Å²) < 4.78 is 0. The zero-order chi connectivity index (χ0) is 12.3. The molecule has 0 saturated heterocycles. The summed E-state index contributed by atoms with van der Waals surface area (Å²) in [6, 6.07) is 7.34. The fourth-order valence-electron chi connectivity index (χ4n) is 2.65. The zero-order valence-corrected chi connectivity index (χ0v) is 10.4. The van der Waals surface area contributed by atoms with Gasteiger partial charge < -0.3 is 5.11 Å². The lowest BCUT2D eigenvalue weighted by molar-refractivity contribution is 0.0697. The van der Waals surface area contributed by atoms with E-state index in [9.17, 15) is 4.79 Å². The molecule has 1 saturated carbocycles. The average Bonchev–Trinajstić information content (AvgIpc) is 2.33. The van der Waals surface area contributed by atoms with Crippen molar-refractivity contribution in [3.63, 3.8) is 0 Å². The van der Waals surface area contributed by atoms with Crippen molar-refractivity contribution in [2.45, 2.75) is 39.0 Å². The van der Waals surface area contributed by atoms with Crippen LogP contribution in [-0.2, 0) is 6.42 Å². The number of rotatable bonds is 3. The van der Waals surface area contributed by atoms with E-state index in [1.807, 2.05) is 12.1 Å². The summed E-state index contributed by atoms with van der Waals surface area (Å²) in [5, 5.41) is 8.83. The van der Waals surface area contributed by atoms with Crippen LogP contribution >= 0.6 is 0 Å². The molecule has 0 bridgehead atoms. The van der Waals surface area contributed by atoms with Crippen molar-refractivity contribution in [3.05, 3.63) is 35.4 Å². The Morgan fingerprint density at radius 1 is 1.18 bits per heavy atom.